The van der Waals surface area contributed by atoms with Crippen LogP contribution in [-0.4, -0.2) is 48.7 Å². The smallest absolute Gasteiger partial charge is 0.251 e. The monoisotopic (exact) mass is 525 g/mol. The maximum Gasteiger partial charge on any atom is 0.251 e. The predicted octanol–water partition coefficient (Wildman–Crippen LogP) is 6.09. The number of carbonyl (C=O) groups is 1. The van der Waals surface area contributed by atoms with Gasteiger partial charge >= 0.3 is 0 Å². The Bertz CT molecular complexity index is 1460. The maximum absolute atomic E-state index is 12.4. The van der Waals surface area contributed by atoms with Crippen molar-refractivity contribution in [3.05, 3.63) is 78.1 Å². The number of benzene rings is 3. The Hall–Kier alpha value is -4.17. The Morgan fingerprint density at radius 2 is 1.77 bits per heavy atom. The second kappa shape index (κ2) is 11.3. The summed E-state index contributed by atoms with van der Waals surface area (Å²) in [5, 5.41) is 7.39. The molecule has 0 saturated carbocycles. The molecule has 8 nitrogen and oxygen atoms in total. The molecule has 0 spiro atoms. The number of amides is 1. The summed E-state index contributed by atoms with van der Waals surface area (Å²) in [7, 11) is 0. The van der Waals surface area contributed by atoms with Crippen molar-refractivity contribution in [2.45, 2.75) is 27.7 Å². The van der Waals surface area contributed by atoms with Crippen molar-refractivity contribution in [2.75, 3.05) is 43.1 Å². The van der Waals surface area contributed by atoms with Gasteiger partial charge in [0, 0.05) is 42.0 Å². The minimum absolute atomic E-state index is 0.0314. The molecule has 39 heavy (non-hydrogen) atoms. The normalized spacial score (nSPS) is 13.8. The summed E-state index contributed by atoms with van der Waals surface area (Å²) < 4.78 is 11.6. The van der Waals surface area contributed by atoms with Crippen molar-refractivity contribution in [1.29, 1.82) is 0 Å². The summed E-state index contributed by atoms with van der Waals surface area (Å²) in [6, 6.07) is 19.4. The number of morpholine rings is 1. The second-order valence-electron chi connectivity index (χ2n) is 11.0. The van der Waals surface area contributed by atoms with E-state index < -0.39 is 0 Å². The van der Waals surface area contributed by atoms with E-state index in [0.717, 1.165) is 65.7 Å². The van der Waals surface area contributed by atoms with E-state index >= 15 is 0 Å². The molecule has 1 aliphatic heterocycles. The van der Waals surface area contributed by atoms with E-state index in [4.69, 9.17) is 9.47 Å². The van der Waals surface area contributed by atoms with E-state index in [1.54, 1.807) is 18.5 Å². The molecular formula is C31H35N5O3. The molecule has 0 atom stereocenters. The van der Waals surface area contributed by atoms with E-state index in [1.807, 2.05) is 43.3 Å². The lowest BCUT2D eigenvalue weighted by Gasteiger charge is -2.29. The Morgan fingerprint density at radius 1 is 1.00 bits per heavy atom. The third-order valence-electron chi connectivity index (χ3n) is 6.56. The van der Waals surface area contributed by atoms with E-state index in [2.05, 4.69) is 58.4 Å². The van der Waals surface area contributed by atoms with Crippen LogP contribution in [0.4, 0.5) is 17.2 Å². The summed E-state index contributed by atoms with van der Waals surface area (Å²) in [4.78, 5) is 23.7. The average molecular weight is 526 g/mol. The number of aryl methyl sites for hydroxylation is 1. The molecule has 1 saturated heterocycles. The highest BCUT2D eigenvalue weighted by molar-refractivity contribution is 5.94. The van der Waals surface area contributed by atoms with Gasteiger partial charge < -0.3 is 25.0 Å². The van der Waals surface area contributed by atoms with Crippen LogP contribution >= 0.6 is 0 Å². The third-order valence-corrected chi connectivity index (χ3v) is 6.56. The zero-order valence-electron chi connectivity index (χ0n) is 23.0. The first kappa shape index (κ1) is 26.4. The van der Waals surface area contributed by atoms with E-state index in [9.17, 15) is 4.79 Å². The first-order chi connectivity index (χ1) is 18.7. The lowest BCUT2D eigenvalue weighted by molar-refractivity contribution is 0.0939. The quantitative estimate of drug-likeness (QED) is 0.302. The summed E-state index contributed by atoms with van der Waals surface area (Å²) in [5.74, 6) is 2.08. The van der Waals surface area contributed by atoms with Gasteiger partial charge in [-0.1, -0.05) is 20.8 Å². The Balaban J connectivity index is 1.28. The number of nitrogens with zero attached hydrogens (tertiary/aromatic N) is 3. The molecule has 0 bridgehead atoms. The van der Waals surface area contributed by atoms with Crippen LogP contribution in [-0.2, 0) is 4.74 Å². The van der Waals surface area contributed by atoms with Crippen molar-refractivity contribution in [3.63, 3.8) is 0 Å². The minimum Gasteiger partial charge on any atom is -0.457 e. The van der Waals surface area contributed by atoms with Crippen LogP contribution in [0.15, 0.2) is 67.0 Å². The lowest BCUT2D eigenvalue weighted by atomic mass is 9.97. The van der Waals surface area contributed by atoms with Gasteiger partial charge in [-0.05, 0) is 78.6 Å². The summed E-state index contributed by atoms with van der Waals surface area (Å²) in [6.07, 6.45) is 1.58. The number of hydrogen-bond donors (Lipinski definition) is 2. The molecule has 3 aromatic carbocycles. The van der Waals surface area contributed by atoms with Gasteiger partial charge in [-0.3, -0.25) is 4.79 Å². The number of anilines is 3. The van der Waals surface area contributed by atoms with E-state index in [0.29, 0.717) is 17.9 Å². The van der Waals surface area contributed by atoms with Crippen molar-refractivity contribution in [1.82, 2.24) is 15.3 Å². The summed E-state index contributed by atoms with van der Waals surface area (Å²) >= 11 is 0. The van der Waals surface area contributed by atoms with Crippen molar-refractivity contribution < 1.29 is 14.3 Å². The van der Waals surface area contributed by atoms with Gasteiger partial charge in [-0.2, -0.15) is 0 Å². The molecule has 4 aromatic rings. The Morgan fingerprint density at radius 3 is 2.49 bits per heavy atom. The van der Waals surface area contributed by atoms with Gasteiger partial charge in [-0.25, -0.2) is 9.97 Å². The van der Waals surface area contributed by atoms with Crippen molar-refractivity contribution in [2.24, 2.45) is 5.41 Å². The largest absolute Gasteiger partial charge is 0.457 e. The number of fused-ring (bicyclic) bond motifs is 1. The van der Waals surface area contributed by atoms with Crippen molar-refractivity contribution in [3.8, 4) is 11.5 Å². The number of hydrogen-bond acceptors (Lipinski definition) is 7. The molecule has 0 unspecified atom stereocenters. The predicted molar refractivity (Wildman–Crippen MR) is 155 cm³/mol. The molecule has 1 aromatic heterocycles. The van der Waals surface area contributed by atoms with Crippen LogP contribution in [0, 0.1) is 12.3 Å². The van der Waals surface area contributed by atoms with Crippen LogP contribution in [0.25, 0.3) is 10.9 Å². The summed E-state index contributed by atoms with van der Waals surface area (Å²) in [6.45, 7) is 12.1. The number of carbonyl (C=O) groups excluding carboxylic acids is 1. The highest BCUT2D eigenvalue weighted by Crippen LogP contribution is 2.31. The molecule has 0 radical (unpaired) electrons. The topological polar surface area (TPSA) is 88.6 Å². The molecule has 1 fully saturated rings. The standard InChI is InChI=1S/C31H35N5O3/c1-21-17-23(7-12-28(21)39-25-9-5-22(6-10-25)30(37)32-19-31(2,3)4)35-29-26-18-24(36-13-15-38-16-14-36)8-11-27(26)33-20-34-29/h5-12,17-18,20H,13-16,19H2,1-4H3,(H,32,37)(H,33,34,35). The zero-order valence-corrected chi connectivity index (χ0v) is 23.0. The van der Waals surface area contributed by atoms with Gasteiger partial charge in [0.1, 0.15) is 23.6 Å². The van der Waals surface area contributed by atoms with E-state index in [-0.39, 0.29) is 11.3 Å². The molecule has 8 heteroatoms. The van der Waals surface area contributed by atoms with Gasteiger partial charge in [0.15, 0.2) is 0 Å². The lowest BCUT2D eigenvalue weighted by Crippen LogP contribution is -2.36. The van der Waals surface area contributed by atoms with Crippen LogP contribution in [0.3, 0.4) is 0 Å². The van der Waals surface area contributed by atoms with Crippen LogP contribution in [0.2, 0.25) is 0 Å². The Labute approximate surface area is 229 Å². The number of rotatable bonds is 7. The highest BCUT2D eigenvalue weighted by Gasteiger charge is 2.15. The fourth-order valence-corrected chi connectivity index (χ4v) is 4.39. The van der Waals surface area contributed by atoms with Crippen LogP contribution in [0.1, 0.15) is 36.7 Å². The van der Waals surface area contributed by atoms with Crippen LogP contribution in [0.5, 0.6) is 11.5 Å². The van der Waals surface area contributed by atoms with Gasteiger partial charge in [0.05, 0.1) is 18.7 Å². The SMILES string of the molecule is Cc1cc(Nc2ncnc3ccc(N4CCOCC4)cc23)ccc1Oc1ccc(C(=O)NCC(C)(C)C)cc1. The number of aromatic nitrogens is 2. The van der Waals surface area contributed by atoms with E-state index in [1.165, 1.54) is 0 Å². The highest BCUT2D eigenvalue weighted by atomic mass is 16.5. The molecule has 202 valence electrons. The second-order valence-corrected chi connectivity index (χ2v) is 11.0. The molecule has 2 N–H and O–H groups in total. The zero-order chi connectivity index (χ0) is 27.4. The van der Waals surface area contributed by atoms with Gasteiger partial charge in [0.25, 0.3) is 5.91 Å². The molecule has 1 amide bonds. The Kier molecular flexibility index (Phi) is 7.65. The first-order valence-corrected chi connectivity index (χ1v) is 13.3. The minimum atomic E-state index is -0.0857. The van der Waals surface area contributed by atoms with Gasteiger partial charge in [0.2, 0.25) is 0 Å². The maximum atomic E-state index is 12.4. The van der Waals surface area contributed by atoms with Gasteiger partial charge in [-0.15, -0.1) is 0 Å². The molecule has 2 heterocycles. The first-order valence-electron chi connectivity index (χ1n) is 13.3. The molecule has 5 rings (SSSR count). The number of ether oxygens (including phenoxy) is 2. The fourth-order valence-electron chi connectivity index (χ4n) is 4.39. The molecule has 1 aliphatic rings. The molecular weight excluding hydrogens is 490 g/mol. The van der Waals surface area contributed by atoms with Crippen molar-refractivity contribution >= 4 is 34.0 Å². The third kappa shape index (κ3) is 6.64. The fraction of sp³-hybridized carbons (Fsp3) is 0.323. The molecule has 0 aliphatic carbocycles. The summed E-state index contributed by atoms with van der Waals surface area (Å²) in [5.41, 5.74) is 4.54. The average Bonchev–Trinajstić information content (AvgIpc) is 2.94. The number of nitrogens with one attached hydrogen (secondary N) is 2. The van der Waals surface area contributed by atoms with Crippen LogP contribution < -0.4 is 20.3 Å².